The first-order valence-corrected chi connectivity index (χ1v) is 13.5. The molecule has 3 heterocycles. The number of ether oxygens (including phenoxy) is 4. The molecular formula is C26H38O13. The highest BCUT2D eigenvalue weighted by atomic mass is 16.7. The summed E-state index contributed by atoms with van der Waals surface area (Å²) in [7, 11) is 0. The van der Waals surface area contributed by atoms with Crippen molar-refractivity contribution in [1.29, 1.82) is 0 Å². The van der Waals surface area contributed by atoms with Crippen LogP contribution >= 0.6 is 0 Å². The smallest absolute Gasteiger partial charge is 0.335 e. The standard InChI is InChI=1S/C26H38O13/c1-8-4-11(37-22-18(31)17(30)15(28)12(6-27)38-22)20(33)24(3)10(8)5-13-25-7-36-26(35,23(24)25)19(32)9(2)14(25)16(29)21(34)39-13/h4,9-20,22-23,27-33,35H,5-7H2,1-3H3/t9-,10+,11+,12-,13-,14-,15-,16+,17+,18-,19-,20-,22-,23-,24-,25+,26+/m1/s1. The first-order valence-electron chi connectivity index (χ1n) is 13.5. The highest BCUT2D eigenvalue weighted by Crippen LogP contribution is 2.73. The van der Waals surface area contributed by atoms with E-state index >= 15 is 0 Å². The van der Waals surface area contributed by atoms with Gasteiger partial charge in [0.2, 0.25) is 0 Å². The van der Waals surface area contributed by atoms with E-state index in [4.69, 9.17) is 18.9 Å². The Labute approximate surface area is 224 Å². The number of allylic oxidation sites excluding steroid dienone is 1. The van der Waals surface area contributed by atoms with Crippen LogP contribution in [0.15, 0.2) is 11.6 Å². The van der Waals surface area contributed by atoms with E-state index in [1.807, 2.05) is 0 Å². The van der Waals surface area contributed by atoms with Gasteiger partial charge in [0.05, 0.1) is 19.3 Å². The number of hydrogen-bond donors (Lipinski definition) is 8. The van der Waals surface area contributed by atoms with E-state index in [1.165, 1.54) is 0 Å². The van der Waals surface area contributed by atoms with Crippen LogP contribution < -0.4 is 0 Å². The molecule has 0 unspecified atom stereocenters. The van der Waals surface area contributed by atoms with Gasteiger partial charge >= 0.3 is 5.97 Å². The second-order valence-corrected chi connectivity index (χ2v) is 12.6. The Bertz CT molecular complexity index is 1050. The minimum absolute atomic E-state index is 0.106. The number of aliphatic hydroxyl groups excluding tert-OH is 7. The van der Waals surface area contributed by atoms with E-state index < -0.39 is 114 Å². The van der Waals surface area contributed by atoms with E-state index in [0.717, 1.165) is 5.57 Å². The van der Waals surface area contributed by atoms with E-state index in [0.29, 0.717) is 0 Å². The van der Waals surface area contributed by atoms with Crippen molar-refractivity contribution in [3.05, 3.63) is 11.6 Å². The summed E-state index contributed by atoms with van der Waals surface area (Å²) in [6.07, 6.45) is -12.1. The zero-order chi connectivity index (χ0) is 28.4. The van der Waals surface area contributed by atoms with Crippen molar-refractivity contribution in [1.82, 2.24) is 0 Å². The van der Waals surface area contributed by atoms with Gasteiger partial charge in [-0.05, 0) is 25.2 Å². The lowest BCUT2D eigenvalue weighted by Crippen LogP contribution is -2.78. The number of fused-ring (bicyclic) bond motifs is 1. The minimum atomic E-state index is -2.13. The molecule has 39 heavy (non-hydrogen) atoms. The number of hydrogen-bond acceptors (Lipinski definition) is 13. The Balaban J connectivity index is 1.42. The molecule has 0 radical (unpaired) electrons. The van der Waals surface area contributed by atoms with E-state index in [9.17, 15) is 45.6 Å². The molecule has 2 bridgehead atoms. The summed E-state index contributed by atoms with van der Waals surface area (Å²) in [6, 6.07) is 0. The fourth-order valence-electron chi connectivity index (χ4n) is 9.22. The molecular weight excluding hydrogens is 520 g/mol. The van der Waals surface area contributed by atoms with Gasteiger partial charge in [0.15, 0.2) is 18.2 Å². The molecule has 0 aromatic rings. The van der Waals surface area contributed by atoms with Crippen LogP contribution in [0.4, 0.5) is 0 Å². The molecule has 6 aliphatic rings. The minimum Gasteiger partial charge on any atom is -0.460 e. The third-order valence-corrected chi connectivity index (χ3v) is 10.9. The Hall–Kier alpha value is -1.23. The van der Waals surface area contributed by atoms with Crippen LogP contribution in [0.2, 0.25) is 0 Å². The molecule has 13 heteroatoms. The van der Waals surface area contributed by atoms with Crippen molar-refractivity contribution in [3.8, 4) is 0 Å². The lowest BCUT2D eigenvalue weighted by molar-refractivity contribution is -0.354. The van der Waals surface area contributed by atoms with E-state index in [1.54, 1.807) is 26.8 Å². The summed E-state index contributed by atoms with van der Waals surface area (Å²) in [5, 5.41) is 86.6. The van der Waals surface area contributed by atoms with Gasteiger partial charge in [-0.3, -0.25) is 0 Å². The predicted molar refractivity (Wildman–Crippen MR) is 126 cm³/mol. The molecule has 0 aromatic heterocycles. The largest absolute Gasteiger partial charge is 0.460 e. The van der Waals surface area contributed by atoms with Gasteiger partial charge in [0, 0.05) is 22.7 Å². The number of rotatable bonds is 3. The number of carbonyl (C=O) groups is 1. The SMILES string of the molecule is CC1=C[C@H](O[C@@H]2O[C@H](CO)[C@@H](O)[C@H](O)[C@H]2O)[C@@H](O)[C@]2(C)[C@H]3[C@@]4(O)OC[C@]35[C@H]([C@@H](C)[C@H]4O)[C@H](O)C(=O)O[C@@H]5C[C@@H]12. The average Bonchev–Trinajstić information content (AvgIpc) is 3.18. The third-order valence-electron chi connectivity index (χ3n) is 10.9. The fourth-order valence-corrected chi connectivity index (χ4v) is 9.22. The molecule has 0 amide bonds. The van der Waals surface area contributed by atoms with Crippen molar-refractivity contribution in [2.45, 2.75) is 94.2 Å². The molecule has 17 atom stereocenters. The second kappa shape index (κ2) is 8.88. The molecule has 3 aliphatic heterocycles. The quantitative estimate of drug-likeness (QED) is 0.126. The van der Waals surface area contributed by atoms with Gasteiger partial charge in [-0.1, -0.05) is 25.5 Å². The number of carbonyl (C=O) groups excluding carboxylic acids is 1. The van der Waals surface area contributed by atoms with Gasteiger partial charge in [0.25, 0.3) is 0 Å². The lowest BCUT2D eigenvalue weighted by atomic mass is 9.38. The van der Waals surface area contributed by atoms with Crippen molar-refractivity contribution >= 4 is 5.97 Å². The zero-order valence-corrected chi connectivity index (χ0v) is 21.9. The molecule has 1 spiro atoms. The van der Waals surface area contributed by atoms with Crippen LogP contribution in [0.1, 0.15) is 27.2 Å². The maximum absolute atomic E-state index is 12.7. The Kier molecular flexibility index (Phi) is 6.36. The predicted octanol–water partition coefficient (Wildman–Crippen LogP) is -3.25. The van der Waals surface area contributed by atoms with Gasteiger partial charge < -0.3 is 59.8 Å². The number of aliphatic hydroxyl groups is 8. The average molecular weight is 559 g/mol. The second-order valence-electron chi connectivity index (χ2n) is 12.6. The monoisotopic (exact) mass is 558 g/mol. The summed E-state index contributed by atoms with van der Waals surface area (Å²) in [4.78, 5) is 12.7. The van der Waals surface area contributed by atoms with Crippen molar-refractivity contribution < 1.29 is 64.6 Å². The van der Waals surface area contributed by atoms with Crippen molar-refractivity contribution in [2.75, 3.05) is 13.2 Å². The summed E-state index contributed by atoms with van der Waals surface area (Å²) in [6.45, 7) is 4.43. The summed E-state index contributed by atoms with van der Waals surface area (Å²) in [5.41, 5.74) is -1.64. The van der Waals surface area contributed by atoms with Crippen LogP contribution in [0.3, 0.4) is 0 Å². The lowest BCUT2D eigenvalue weighted by Gasteiger charge is -2.68. The van der Waals surface area contributed by atoms with Crippen molar-refractivity contribution in [3.63, 3.8) is 0 Å². The highest BCUT2D eigenvalue weighted by molar-refractivity contribution is 5.76. The third kappa shape index (κ3) is 3.32. The number of esters is 1. The maximum atomic E-state index is 12.7. The summed E-state index contributed by atoms with van der Waals surface area (Å²) in [5.74, 6) is -5.92. The molecule has 3 aliphatic carbocycles. The molecule has 6 rings (SSSR count). The molecule has 0 aromatic carbocycles. The molecule has 13 nitrogen and oxygen atoms in total. The zero-order valence-electron chi connectivity index (χ0n) is 21.9. The highest BCUT2D eigenvalue weighted by Gasteiger charge is 2.83. The summed E-state index contributed by atoms with van der Waals surface area (Å²) < 4.78 is 23.2. The van der Waals surface area contributed by atoms with E-state index in [-0.39, 0.29) is 13.0 Å². The van der Waals surface area contributed by atoms with Crippen LogP contribution in [0.5, 0.6) is 0 Å². The molecule has 8 N–H and O–H groups in total. The molecule has 2 saturated carbocycles. The molecule has 220 valence electrons. The van der Waals surface area contributed by atoms with E-state index in [2.05, 4.69) is 0 Å². The van der Waals surface area contributed by atoms with Crippen LogP contribution in [0, 0.1) is 34.5 Å². The normalized spacial score (nSPS) is 60.2. The maximum Gasteiger partial charge on any atom is 0.335 e. The van der Waals surface area contributed by atoms with Gasteiger partial charge in [-0.15, -0.1) is 0 Å². The Morgan fingerprint density at radius 3 is 2.44 bits per heavy atom. The van der Waals surface area contributed by atoms with Crippen LogP contribution in [0.25, 0.3) is 0 Å². The molecule has 5 fully saturated rings. The first-order chi connectivity index (χ1) is 18.2. The Morgan fingerprint density at radius 2 is 1.77 bits per heavy atom. The van der Waals surface area contributed by atoms with Gasteiger partial charge in [-0.2, -0.15) is 0 Å². The molecule has 3 saturated heterocycles. The fraction of sp³-hybridized carbons (Fsp3) is 0.885. The van der Waals surface area contributed by atoms with Gasteiger partial charge in [0.1, 0.15) is 42.7 Å². The summed E-state index contributed by atoms with van der Waals surface area (Å²) >= 11 is 0. The van der Waals surface area contributed by atoms with Gasteiger partial charge in [-0.25, -0.2) is 4.79 Å². The first kappa shape index (κ1) is 27.9. The Morgan fingerprint density at radius 1 is 1.08 bits per heavy atom. The topological polar surface area (TPSA) is 216 Å². The van der Waals surface area contributed by atoms with Crippen LogP contribution in [-0.2, 0) is 23.7 Å². The van der Waals surface area contributed by atoms with Crippen LogP contribution in [-0.4, -0.2) is 127 Å². The van der Waals surface area contributed by atoms with Crippen molar-refractivity contribution in [2.24, 2.45) is 34.5 Å².